The zero-order valence-electron chi connectivity index (χ0n) is 17.3. The number of pyridine rings is 2. The molecular formula is C23H16F3N7. The van der Waals surface area contributed by atoms with Gasteiger partial charge in [-0.1, -0.05) is 0 Å². The molecule has 0 bridgehead atoms. The lowest BCUT2D eigenvalue weighted by atomic mass is 10.0. The van der Waals surface area contributed by atoms with Gasteiger partial charge in [0, 0.05) is 47.8 Å². The smallest absolute Gasteiger partial charge is 0.282 e. The second-order valence-electron chi connectivity index (χ2n) is 7.34. The van der Waals surface area contributed by atoms with Crippen LogP contribution in [-0.4, -0.2) is 31.3 Å². The van der Waals surface area contributed by atoms with E-state index in [-0.39, 0.29) is 0 Å². The SMILES string of the molecule is CCNc1cc(F)cc2c1[nH]c1ncc(-c3cncc(C#N)c3)c(-n3ccc(C(F)F)n3)c12. The van der Waals surface area contributed by atoms with E-state index in [2.05, 4.69) is 25.4 Å². The zero-order chi connectivity index (χ0) is 23.1. The minimum absolute atomic E-state index is 0.326. The van der Waals surface area contributed by atoms with Crippen molar-refractivity contribution >= 4 is 27.6 Å². The number of benzene rings is 1. The first-order chi connectivity index (χ1) is 16.0. The van der Waals surface area contributed by atoms with Gasteiger partial charge in [0.05, 0.1) is 27.8 Å². The fraction of sp³-hybridized carbons (Fsp3) is 0.130. The summed E-state index contributed by atoms with van der Waals surface area (Å²) < 4.78 is 42.5. The van der Waals surface area contributed by atoms with Gasteiger partial charge in [-0.25, -0.2) is 22.8 Å². The van der Waals surface area contributed by atoms with Crippen LogP contribution >= 0.6 is 0 Å². The molecule has 0 aliphatic rings. The molecule has 0 saturated heterocycles. The summed E-state index contributed by atoms with van der Waals surface area (Å²) in [6, 6.07) is 7.63. The molecule has 0 spiro atoms. The van der Waals surface area contributed by atoms with Crippen molar-refractivity contribution in [2.45, 2.75) is 13.3 Å². The van der Waals surface area contributed by atoms with Crippen LogP contribution in [0.2, 0.25) is 0 Å². The lowest BCUT2D eigenvalue weighted by Gasteiger charge is -2.12. The van der Waals surface area contributed by atoms with Crippen LogP contribution in [0.15, 0.2) is 49.1 Å². The molecule has 0 aliphatic carbocycles. The van der Waals surface area contributed by atoms with Gasteiger partial charge in [-0.15, -0.1) is 0 Å². The highest BCUT2D eigenvalue weighted by Gasteiger charge is 2.21. The molecule has 10 heteroatoms. The van der Waals surface area contributed by atoms with Crippen LogP contribution in [0.3, 0.4) is 0 Å². The third-order valence-electron chi connectivity index (χ3n) is 5.28. The van der Waals surface area contributed by atoms with Gasteiger partial charge in [-0.2, -0.15) is 10.4 Å². The summed E-state index contributed by atoms with van der Waals surface area (Å²) in [6.07, 6.45) is 3.19. The van der Waals surface area contributed by atoms with E-state index in [1.165, 1.54) is 35.3 Å². The van der Waals surface area contributed by atoms with Crippen LogP contribution in [-0.2, 0) is 0 Å². The van der Waals surface area contributed by atoms with Gasteiger partial charge in [0.15, 0.2) is 0 Å². The molecule has 33 heavy (non-hydrogen) atoms. The first-order valence-corrected chi connectivity index (χ1v) is 10.1. The van der Waals surface area contributed by atoms with Crippen LogP contribution < -0.4 is 5.32 Å². The van der Waals surface area contributed by atoms with Crippen molar-refractivity contribution in [3.05, 3.63) is 66.1 Å². The summed E-state index contributed by atoms with van der Waals surface area (Å²) in [4.78, 5) is 11.8. The third kappa shape index (κ3) is 3.43. The summed E-state index contributed by atoms with van der Waals surface area (Å²) in [5.41, 5.74) is 3.02. The van der Waals surface area contributed by atoms with Crippen LogP contribution in [0.5, 0.6) is 0 Å². The fourth-order valence-corrected chi connectivity index (χ4v) is 3.92. The van der Waals surface area contributed by atoms with Gasteiger partial charge >= 0.3 is 0 Å². The molecule has 7 nitrogen and oxygen atoms in total. The summed E-state index contributed by atoms with van der Waals surface area (Å²) in [5, 5.41) is 17.5. The molecule has 1 aromatic carbocycles. The number of nitriles is 1. The molecule has 0 amide bonds. The number of H-pyrrole nitrogens is 1. The van der Waals surface area contributed by atoms with Gasteiger partial charge in [0.1, 0.15) is 23.2 Å². The first kappa shape index (κ1) is 20.5. The number of rotatable bonds is 5. The van der Waals surface area contributed by atoms with E-state index < -0.39 is 17.9 Å². The number of hydrogen-bond donors (Lipinski definition) is 2. The topological polar surface area (TPSA) is 95.2 Å². The number of aromatic nitrogens is 5. The molecule has 0 atom stereocenters. The van der Waals surface area contributed by atoms with Crippen molar-refractivity contribution in [1.29, 1.82) is 5.26 Å². The predicted octanol–water partition coefficient (Wildman–Crippen LogP) is 5.34. The second-order valence-corrected chi connectivity index (χ2v) is 7.34. The Bertz CT molecular complexity index is 1550. The van der Waals surface area contributed by atoms with E-state index in [0.717, 1.165) is 0 Å². The maximum Gasteiger partial charge on any atom is 0.282 e. The summed E-state index contributed by atoms with van der Waals surface area (Å²) in [6.45, 7) is 2.47. The molecule has 4 aromatic heterocycles. The van der Waals surface area contributed by atoms with E-state index in [1.807, 2.05) is 13.0 Å². The Morgan fingerprint density at radius 1 is 1.21 bits per heavy atom. The number of halogens is 3. The normalized spacial score (nSPS) is 11.4. The number of aromatic amines is 1. The Morgan fingerprint density at radius 3 is 2.79 bits per heavy atom. The Balaban J connectivity index is 1.91. The van der Waals surface area contributed by atoms with Gasteiger partial charge < -0.3 is 10.3 Å². The van der Waals surface area contributed by atoms with Crippen molar-refractivity contribution in [3.8, 4) is 22.9 Å². The van der Waals surface area contributed by atoms with Gasteiger partial charge in [-0.05, 0) is 31.2 Å². The van der Waals surface area contributed by atoms with Crippen molar-refractivity contribution in [2.75, 3.05) is 11.9 Å². The van der Waals surface area contributed by atoms with Gasteiger partial charge in [-0.3, -0.25) is 4.98 Å². The van der Waals surface area contributed by atoms with Crippen molar-refractivity contribution < 1.29 is 13.2 Å². The number of alkyl halides is 2. The highest BCUT2D eigenvalue weighted by atomic mass is 19.3. The molecule has 5 rings (SSSR count). The number of nitrogens with zero attached hydrogens (tertiary/aromatic N) is 5. The highest BCUT2D eigenvalue weighted by Crippen LogP contribution is 2.39. The summed E-state index contributed by atoms with van der Waals surface area (Å²) in [7, 11) is 0. The first-order valence-electron chi connectivity index (χ1n) is 10.1. The lowest BCUT2D eigenvalue weighted by Crippen LogP contribution is -2.02. The molecule has 2 N–H and O–H groups in total. The highest BCUT2D eigenvalue weighted by molar-refractivity contribution is 6.15. The monoisotopic (exact) mass is 447 g/mol. The average Bonchev–Trinajstić information content (AvgIpc) is 3.44. The van der Waals surface area contributed by atoms with Crippen LogP contribution in [0.4, 0.5) is 18.9 Å². The Kier molecular flexibility index (Phi) is 4.94. The quantitative estimate of drug-likeness (QED) is 0.379. The predicted molar refractivity (Wildman–Crippen MR) is 118 cm³/mol. The second kappa shape index (κ2) is 7.94. The Labute approximate surface area is 185 Å². The third-order valence-corrected chi connectivity index (χ3v) is 5.28. The lowest BCUT2D eigenvalue weighted by molar-refractivity contribution is 0.145. The largest absolute Gasteiger partial charge is 0.384 e. The van der Waals surface area contributed by atoms with Crippen LogP contribution in [0.25, 0.3) is 38.8 Å². The molecule has 4 heterocycles. The minimum Gasteiger partial charge on any atom is -0.384 e. The number of anilines is 1. The van der Waals surface area contributed by atoms with Crippen molar-refractivity contribution in [1.82, 2.24) is 24.7 Å². The molecule has 5 aromatic rings. The van der Waals surface area contributed by atoms with Crippen molar-refractivity contribution in [2.24, 2.45) is 0 Å². The van der Waals surface area contributed by atoms with Crippen molar-refractivity contribution in [3.63, 3.8) is 0 Å². The van der Waals surface area contributed by atoms with Crippen LogP contribution in [0, 0.1) is 17.1 Å². The maximum absolute atomic E-state index is 14.6. The number of hydrogen-bond acceptors (Lipinski definition) is 5. The van der Waals surface area contributed by atoms with Crippen LogP contribution in [0.1, 0.15) is 24.6 Å². The minimum atomic E-state index is -2.75. The average molecular weight is 447 g/mol. The van der Waals surface area contributed by atoms with Gasteiger partial charge in [0.2, 0.25) is 0 Å². The fourth-order valence-electron chi connectivity index (χ4n) is 3.92. The van der Waals surface area contributed by atoms with E-state index in [1.54, 1.807) is 18.5 Å². The van der Waals surface area contributed by atoms with E-state index in [9.17, 15) is 18.4 Å². The molecular weight excluding hydrogens is 431 g/mol. The number of fused-ring (bicyclic) bond motifs is 3. The van der Waals surface area contributed by atoms with E-state index in [0.29, 0.717) is 56.5 Å². The molecule has 0 fully saturated rings. The molecule has 0 unspecified atom stereocenters. The van der Waals surface area contributed by atoms with Gasteiger partial charge in [0.25, 0.3) is 6.43 Å². The Morgan fingerprint density at radius 2 is 2.06 bits per heavy atom. The Hall–Kier alpha value is -4.39. The molecule has 164 valence electrons. The standard InChI is InChI=1S/C23H16F3N7/c1-2-29-18-7-14(24)6-15-19-21(33-4-3-17(32-33)22(25)26)16(11-30-23(19)31-20(15)18)13-5-12(8-27)9-28-10-13/h3-7,9-11,22,29H,2H2,1H3,(H,30,31). The summed E-state index contributed by atoms with van der Waals surface area (Å²) >= 11 is 0. The molecule has 0 aliphatic heterocycles. The number of nitrogens with one attached hydrogen (secondary N) is 2. The van der Waals surface area contributed by atoms with E-state index >= 15 is 0 Å². The zero-order valence-corrected chi connectivity index (χ0v) is 17.3. The molecule has 0 radical (unpaired) electrons. The summed E-state index contributed by atoms with van der Waals surface area (Å²) in [5.74, 6) is -0.461. The van der Waals surface area contributed by atoms with E-state index in [4.69, 9.17) is 0 Å². The maximum atomic E-state index is 14.6. The molecule has 0 saturated carbocycles.